The van der Waals surface area contributed by atoms with Gasteiger partial charge in [-0.2, -0.15) is 15.0 Å². The summed E-state index contributed by atoms with van der Waals surface area (Å²) in [6.07, 6.45) is 9.78. The van der Waals surface area contributed by atoms with Crippen LogP contribution in [0.1, 0.15) is 6.92 Å². The fourth-order valence-electron chi connectivity index (χ4n) is 1.20. The molecule has 0 saturated heterocycles. The van der Waals surface area contributed by atoms with Gasteiger partial charge in [0.1, 0.15) is 6.33 Å². The Morgan fingerprint density at radius 1 is 1.44 bits per heavy atom. The smallest absolute Gasteiger partial charge is 0.324 e. The van der Waals surface area contributed by atoms with Crippen LogP contribution in [0.2, 0.25) is 0 Å². The molecule has 0 radical (unpaired) electrons. The first-order valence-electron chi connectivity index (χ1n) is 5.28. The lowest BCUT2D eigenvalue weighted by Gasteiger charge is -2.09. The number of imidazole rings is 1. The summed E-state index contributed by atoms with van der Waals surface area (Å²) in [5, 5.41) is 2.83. The highest BCUT2D eigenvalue weighted by molar-refractivity contribution is 5.29. The van der Waals surface area contributed by atoms with Gasteiger partial charge in [0.15, 0.2) is 6.10 Å². The van der Waals surface area contributed by atoms with Crippen LogP contribution in [-0.2, 0) is 0 Å². The Kier molecular flexibility index (Phi) is 3.38. The minimum Gasteiger partial charge on any atom is -0.447 e. The Bertz CT molecular complexity index is 559. The van der Waals surface area contributed by atoms with Crippen molar-refractivity contribution >= 4 is 5.95 Å². The van der Waals surface area contributed by atoms with E-state index in [9.17, 15) is 0 Å². The second-order valence-electron chi connectivity index (χ2n) is 3.39. The normalized spacial score (nSPS) is 11.6. The minimum atomic E-state index is -0.409. The van der Waals surface area contributed by atoms with Crippen LogP contribution in [0, 0.1) is 12.3 Å². The fourth-order valence-corrected chi connectivity index (χ4v) is 1.20. The molecular formula is C11H12N6O. The Labute approximate surface area is 104 Å². The molecule has 0 aliphatic rings. The SMILES string of the molecule is C#CC(C)Oc1nc(NC)nc(-n2ccnc2)n1. The van der Waals surface area contributed by atoms with Crippen molar-refractivity contribution in [3.63, 3.8) is 0 Å². The highest BCUT2D eigenvalue weighted by Crippen LogP contribution is 2.11. The number of hydrogen-bond donors (Lipinski definition) is 1. The van der Waals surface area contributed by atoms with E-state index in [0.717, 1.165) is 0 Å². The lowest BCUT2D eigenvalue weighted by atomic mass is 10.4. The summed E-state index contributed by atoms with van der Waals surface area (Å²) in [6.45, 7) is 1.74. The molecule has 2 rings (SSSR count). The highest BCUT2D eigenvalue weighted by atomic mass is 16.5. The molecule has 0 spiro atoms. The predicted octanol–water partition coefficient (Wildman–Crippen LogP) is 0.499. The standard InChI is InChI=1S/C11H12N6O/c1-4-8(2)18-11-15-9(12-3)14-10(16-11)17-6-5-13-7-17/h1,5-8H,2-3H3,(H,12,14,15,16). The van der Waals surface area contributed by atoms with Crippen molar-refractivity contribution < 1.29 is 4.74 Å². The second-order valence-corrected chi connectivity index (χ2v) is 3.39. The number of nitrogens with zero attached hydrogens (tertiary/aromatic N) is 5. The van der Waals surface area contributed by atoms with Crippen molar-refractivity contribution in [2.24, 2.45) is 0 Å². The van der Waals surface area contributed by atoms with Crippen LogP contribution in [0.3, 0.4) is 0 Å². The van der Waals surface area contributed by atoms with E-state index in [-0.39, 0.29) is 6.01 Å². The third-order valence-electron chi connectivity index (χ3n) is 2.08. The molecule has 7 heteroatoms. The molecule has 0 aliphatic carbocycles. The highest BCUT2D eigenvalue weighted by Gasteiger charge is 2.10. The molecule has 0 bridgehead atoms. The van der Waals surface area contributed by atoms with E-state index >= 15 is 0 Å². The lowest BCUT2D eigenvalue weighted by molar-refractivity contribution is 0.255. The Morgan fingerprint density at radius 2 is 2.28 bits per heavy atom. The van der Waals surface area contributed by atoms with Gasteiger partial charge in [-0.1, -0.05) is 5.92 Å². The van der Waals surface area contributed by atoms with E-state index in [1.165, 1.54) is 0 Å². The Morgan fingerprint density at radius 3 is 2.89 bits per heavy atom. The zero-order chi connectivity index (χ0) is 13.0. The van der Waals surface area contributed by atoms with Gasteiger partial charge in [-0.15, -0.1) is 6.42 Å². The maximum atomic E-state index is 5.37. The van der Waals surface area contributed by atoms with Gasteiger partial charge in [0.05, 0.1) is 0 Å². The maximum Gasteiger partial charge on any atom is 0.324 e. The van der Waals surface area contributed by atoms with Crippen LogP contribution in [0.25, 0.3) is 5.95 Å². The third kappa shape index (κ3) is 2.55. The first-order chi connectivity index (χ1) is 8.72. The maximum absolute atomic E-state index is 5.37. The first-order valence-corrected chi connectivity index (χ1v) is 5.28. The summed E-state index contributed by atoms with van der Waals surface area (Å²) in [5.41, 5.74) is 0. The van der Waals surface area contributed by atoms with Crippen molar-refractivity contribution in [2.75, 3.05) is 12.4 Å². The van der Waals surface area contributed by atoms with Gasteiger partial charge < -0.3 is 10.1 Å². The largest absolute Gasteiger partial charge is 0.447 e. The van der Waals surface area contributed by atoms with Crippen LogP contribution in [-0.4, -0.2) is 37.7 Å². The van der Waals surface area contributed by atoms with E-state index in [2.05, 4.69) is 31.2 Å². The van der Waals surface area contributed by atoms with E-state index in [0.29, 0.717) is 11.9 Å². The summed E-state index contributed by atoms with van der Waals surface area (Å²) in [6, 6.07) is 0.170. The second kappa shape index (κ2) is 5.14. The average Bonchev–Trinajstić information content (AvgIpc) is 2.92. The molecule has 0 fully saturated rings. The molecule has 0 amide bonds. The summed E-state index contributed by atoms with van der Waals surface area (Å²) in [4.78, 5) is 16.3. The summed E-state index contributed by atoms with van der Waals surface area (Å²) in [5.74, 6) is 3.25. The molecule has 0 aromatic carbocycles. The molecule has 2 heterocycles. The molecule has 2 aromatic heterocycles. The topological polar surface area (TPSA) is 77.8 Å². The minimum absolute atomic E-state index is 0.170. The van der Waals surface area contributed by atoms with Crippen LogP contribution >= 0.6 is 0 Å². The molecule has 7 nitrogen and oxygen atoms in total. The molecule has 92 valence electrons. The zero-order valence-corrected chi connectivity index (χ0v) is 10.0. The monoisotopic (exact) mass is 244 g/mol. The molecule has 1 atom stereocenters. The summed E-state index contributed by atoms with van der Waals surface area (Å²) < 4.78 is 7.02. The third-order valence-corrected chi connectivity index (χ3v) is 2.08. The summed E-state index contributed by atoms with van der Waals surface area (Å²) >= 11 is 0. The molecule has 1 unspecified atom stereocenters. The van der Waals surface area contributed by atoms with Crippen molar-refractivity contribution in [2.45, 2.75) is 13.0 Å². The number of anilines is 1. The van der Waals surface area contributed by atoms with Gasteiger partial charge in [0.25, 0.3) is 0 Å². The molecule has 2 aromatic rings. The first kappa shape index (κ1) is 11.9. The van der Waals surface area contributed by atoms with Gasteiger partial charge >= 0.3 is 6.01 Å². The van der Waals surface area contributed by atoms with Crippen LogP contribution in [0.4, 0.5) is 5.95 Å². The van der Waals surface area contributed by atoms with E-state index in [1.807, 2.05) is 0 Å². The zero-order valence-electron chi connectivity index (χ0n) is 10.0. The molecule has 0 aliphatic heterocycles. The number of terminal acetylenes is 1. The van der Waals surface area contributed by atoms with Crippen LogP contribution < -0.4 is 10.1 Å². The van der Waals surface area contributed by atoms with Crippen LogP contribution in [0.15, 0.2) is 18.7 Å². The van der Waals surface area contributed by atoms with Crippen molar-refractivity contribution in [3.05, 3.63) is 18.7 Å². The molecule has 0 saturated carbocycles. The Balaban J connectivity index is 2.37. The number of ether oxygens (including phenoxy) is 1. The Hall–Kier alpha value is -2.62. The van der Waals surface area contributed by atoms with E-state index < -0.39 is 6.10 Å². The number of rotatable bonds is 4. The molecular weight excluding hydrogens is 232 g/mol. The van der Waals surface area contributed by atoms with Gasteiger partial charge in [-0.3, -0.25) is 4.57 Å². The molecule has 1 N–H and O–H groups in total. The fraction of sp³-hybridized carbons (Fsp3) is 0.273. The predicted molar refractivity (Wildman–Crippen MR) is 65.4 cm³/mol. The summed E-state index contributed by atoms with van der Waals surface area (Å²) in [7, 11) is 1.71. The average molecular weight is 244 g/mol. The van der Waals surface area contributed by atoms with E-state index in [4.69, 9.17) is 11.2 Å². The number of nitrogens with one attached hydrogen (secondary N) is 1. The lowest BCUT2D eigenvalue weighted by Crippen LogP contribution is -2.14. The van der Waals surface area contributed by atoms with Crippen LogP contribution in [0.5, 0.6) is 6.01 Å². The number of hydrogen-bond acceptors (Lipinski definition) is 6. The van der Waals surface area contributed by atoms with Gasteiger partial charge in [-0.05, 0) is 6.92 Å². The van der Waals surface area contributed by atoms with E-state index in [1.54, 1.807) is 37.3 Å². The van der Waals surface area contributed by atoms with Crippen molar-refractivity contribution in [1.29, 1.82) is 0 Å². The quantitative estimate of drug-likeness (QED) is 0.789. The molecule has 18 heavy (non-hydrogen) atoms. The van der Waals surface area contributed by atoms with Crippen molar-refractivity contribution in [1.82, 2.24) is 24.5 Å². The van der Waals surface area contributed by atoms with Gasteiger partial charge in [0, 0.05) is 19.4 Å². The van der Waals surface area contributed by atoms with Gasteiger partial charge in [-0.25, -0.2) is 4.98 Å². The van der Waals surface area contributed by atoms with Gasteiger partial charge in [0.2, 0.25) is 11.9 Å². The number of aromatic nitrogens is 5. The van der Waals surface area contributed by atoms with Crippen molar-refractivity contribution in [3.8, 4) is 24.3 Å².